The second kappa shape index (κ2) is 9.71. The lowest BCUT2D eigenvalue weighted by Crippen LogP contribution is -2.72. The van der Waals surface area contributed by atoms with Crippen molar-refractivity contribution in [3.63, 3.8) is 0 Å². The molecule has 0 radical (unpaired) electrons. The molecule has 2 heterocycles. The molecule has 6 nitrogen and oxygen atoms in total. The zero-order valence-corrected chi connectivity index (χ0v) is 20.3. The van der Waals surface area contributed by atoms with Crippen LogP contribution in [0.1, 0.15) is 36.8 Å². The van der Waals surface area contributed by atoms with E-state index >= 15 is 0 Å². The van der Waals surface area contributed by atoms with E-state index in [2.05, 4.69) is 44.8 Å². The molecule has 2 aliphatic carbocycles. The molecular weight excluding hydrogens is 491 g/mol. The number of ether oxygens (including phenoxy) is 2. The van der Waals surface area contributed by atoms with Crippen molar-refractivity contribution in [1.29, 1.82) is 0 Å². The van der Waals surface area contributed by atoms with E-state index < -0.39 is 0 Å². The van der Waals surface area contributed by atoms with Crippen molar-refractivity contribution >= 4 is 29.9 Å². The van der Waals surface area contributed by atoms with Crippen molar-refractivity contribution in [2.24, 2.45) is 16.3 Å². The second-order valence-electron chi connectivity index (χ2n) is 9.04. The maximum absolute atomic E-state index is 6.06. The Morgan fingerprint density at radius 3 is 2.63 bits per heavy atom. The third kappa shape index (κ3) is 4.10. The number of aliphatic imine (C=N–C) groups is 1. The van der Waals surface area contributed by atoms with Crippen LogP contribution < -0.4 is 10.6 Å². The Labute approximate surface area is 197 Å². The molecule has 4 aliphatic rings. The highest BCUT2D eigenvalue weighted by Gasteiger charge is 2.66. The fraction of sp³-hybridized carbons (Fsp3) is 0.696. The van der Waals surface area contributed by atoms with Gasteiger partial charge in [0, 0.05) is 57.2 Å². The highest BCUT2D eigenvalue weighted by atomic mass is 127. The highest BCUT2D eigenvalue weighted by Crippen LogP contribution is 2.62. The monoisotopic (exact) mass is 526 g/mol. The van der Waals surface area contributed by atoms with Crippen LogP contribution >= 0.6 is 24.0 Å². The minimum Gasteiger partial charge on any atom is -0.379 e. The molecule has 1 aromatic carbocycles. The summed E-state index contributed by atoms with van der Waals surface area (Å²) in [5.41, 5.74) is 3.10. The van der Waals surface area contributed by atoms with Gasteiger partial charge >= 0.3 is 0 Å². The number of halogens is 1. The maximum Gasteiger partial charge on any atom is 0.191 e. The van der Waals surface area contributed by atoms with Crippen LogP contribution in [-0.4, -0.2) is 63.0 Å². The molecule has 2 saturated carbocycles. The number of hydrogen-bond acceptors (Lipinski definition) is 4. The molecule has 3 atom stereocenters. The molecule has 5 rings (SSSR count). The molecule has 30 heavy (non-hydrogen) atoms. The third-order valence-electron chi connectivity index (χ3n) is 7.61. The number of nitrogens with zero attached hydrogens (tertiary/aromatic N) is 2. The van der Waals surface area contributed by atoms with E-state index in [1.54, 1.807) is 0 Å². The molecule has 0 bridgehead atoms. The summed E-state index contributed by atoms with van der Waals surface area (Å²) in [5.74, 6) is 1.58. The maximum atomic E-state index is 6.06. The standard InChI is InChI=1S/C23H34N4O2.HI/c1-24-22(26-20-19-7-12-29-21(19)23(20)8-4-9-23)25-15-17-5-2-3-6-18(17)16-27-10-13-28-14-11-27;/h2-3,5-6,19-21H,4,7-16H2,1H3,(H2,24,25,26);1H. The SMILES string of the molecule is CN=C(NCc1ccccc1CN1CCOCC1)NC1C2CCOC2C12CCC2.I. The smallest absolute Gasteiger partial charge is 0.191 e. The summed E-state index contributed by atoms with van der Waals surface area (Å²) in [4.78, 5) is 7.01. The van der Waals surface area contributed by atoms with Gasteiger partial charge in [-0.1, -0.05) is 30.7 Å². The summed E-state index contributed by atoms with van der Waals surface area (Å²) in [7, 11) is 1.88. The number of benzene rings is 1. The van der Waals surface area contributed by atoms with Gasteiger partial charge < -0.3 is 20.1 Å². The fourth-order valence-corrected chi connectivity index (χ4v) is 5.86. The van der Waals surface area contributed by atoms with E-state index in [1.165, 1.54) is 36.8 Å². The second-order valence-corrected chi connectivity index (χ2v) is 9.04. The van der Waals surface area contributed by atoms with Crippen LogP contribution in [0.3, 0.4) is 0 Å². The summed E-state index contributed by atoms with van der Waals surface area (Å²) >= 11 is 0. The first-order valence-corrected chi connectivity index (χ1v) is 11.3. The zero-order valence-electron chi connectivity index (χ0n) is 17.9. The van der Waals surface area contributed by atoms with Crippen LogP contribution in [0.25, 0.3) is 0 Å². The Balaban J connectivity index is 0.00000218. The number of rotatable bonds is 5. The highest BCUT2D eigenvalue weighted by molar-refractivity contribution is 14.0. The molecule has 2 saturated heterocycles. The lowest BCUT2D eigenvalue weighted by Gasteiger charge is -2.63. The predicted octanol–water partition coefficient (Wildman–Crippen LogP) is 2.76. The Kier molecular flexibility index (Phi) is 7.22. The minimum absolute atomic E-state index is 0. The largest absolute Gasteiger partial charge is 0.379 e. The van der Waals surface area contributed by atoms with Crippen LogP contribution in [0.4, 0.5) is 0 Å². The Morgan fingerprint density at radius 2 is 1.93 bits per heavy atom. The van der Waals surface area contributed by atoms with Gasteiger partial charge in [-0.05, 0) is 30.4 Å². The third-order valence-corrected chi connectivity index (χ3v) is 7.61. The van der Waals surface area contributed by atoms with E-state index in [0.717, 1.165) is 52.0 Å². The molecule has 0 aromatic heterocycles. The van der Waals surface area contributed by atoms with Gasteiger partial charge in [-0.25, -0.2) is 0 Å². The molecule has 2 N–H and O–H groups in total. The van der Waals surface area contributed by atoms with Crippen LogP contribution in [-0.2, 0) is 22.6 Å². The van der Waals surface area contributed by atoms with Crippen molar-refractivity contribution in [2.45, 2.75) is 50.9 Å². The summed E-state index contributed by atoms with van der Waals surface area (Å²) in [6, 6.07) is 9.26. The van der Waals surface area contributed by atoms with Gasteiger partial charge in [-0.2, -0.15) is 0 Å². The average Bonchev–Trinajstić information content (AvgIpc) is 3.14. The molecule has 1 spiro atoms. The molecule has 1 aromatic rings. The van der Waals surface area contributed by atoms with Gasteiger partial charge in [0.25, 0.3) is 0 Å². The molecule has 2 aliphatic heterocycles. The molecule has 0 amide bonds. The number of hydrogen-bond donors (Lipinski definition) is 2. The molecule has 3 unspecified atom stereocenters. The molecule has 4 fully saturated rings. The van der Waals surface area contributed by atoms with Gasteiger partial charge in [-0.3, -0.25) is 9.89 Å². The first kappa shape index (κ1) is 22.3. The summed E-state index contributed by atoms with van der Waals surface area (Å²) in [6.07, 6.45) is 5.60. The number of guanidine groups is 1. The van der Waals surface area contributed by atoms with Gasteiger partial charge in [0.1, 0.15) is 0 Å². The molecule has 7 heteroatoms. The van der Waals surface area contributed by atoms with Crippen molar-refractivity contribution < 1.29 is 9.47 Å². The van der Waals surface area contributed by atoms with Crippen LogP contribution in [0.15, 0.2) is 29.3 Å². The summed E-state index contributed by atoms with van der Waals surface area (Å²) < 4.78 is 11.5. The van der Waals surface area contributed by atoms with Gasteiger partial charge in [0.05, 0.1) is 19.3 Å². The van der Waals surface area contributed by atoms with Gasteiger partial charge in [0.15, 0.2) is 5.96 Å². The lowest BCUT2D eigenvalue weighted by atomic mass is 9.46. The average molecular weight is 526 g/mol. The van der Waals surface area contributed by atoms with Gasteiger partial charge in [-0.15, -0.1) is 24.0 Å². The normalized spacial score (nSPS) is 30.0. The molecular formula is C23H35IN4O2. The predicted molar refractivity (Wildman–Crippen MR) is 129 cm³/mol. The van der Waals surface area contributed by atoms with E-state index in [-0.39, 0.29) is 24.0 Å². The number of nitrogens with one attached hydrogen (secondary N) is 2. The van der Waals surface area contributed by atoms with Crippen LogP contribution in [0, 0.1) is 11.3 Å². The minimum atomic E-state index is 0. The zero-order chi connectivity index (χ0) is 19.7. The summed E-state index contributed by atoms with van der Waals surface area (Å²) in [5, 5.41) is 7.35. The van der Waals surface area contributed by atoms with E-state index in [9.17, 15) is 0 Å². The summed E-state index contributed by atoms with van der Waals surface area (Å²) in [6.45, 7) is 6.41. The van der Waals surface area contributed by atoms with Crippen molar-refractivity contribution in [3.05, 3.63) is 35.4 Å². The van der Waals surface area contributed by atoms with Crippen molar-refractivity contribution in [3.8, 4) is 0 Å². The Morgan fingerprint density at radius 1 is 1.17 bits per heavy atom. The Hall–Kier alpha value is -0.900. The molecule has 166 valence electrons. The van der Waals surface area contributed by atoms with E-state index in [4.69, 9.17) is 9.47 Å². The van der Waals surface area contributed by atoms with E-state index in [0.29, 0.717) is 23.5 Å². The van der Waals surface area contributed by atoms with Crippen LogP contribution in [0.5, 0.6) is 0 Å². The fourth-order valence-electron chi connectivity index (χ4n) is 5.86. The first-order chi connectivity index (χ1) is 14.3. The number of fused-ring (bicyclic) bond motifs is 2. The van der Waals surface area contributed by atoms with E-state index in [1.807, 2.05) is 7.05 Å². The van der Waals surface area contributed by atoms with Crippen molar-refractivity contribution in [2.75, 3.05) is 40.0 Å². The van der Waals surface area contributed by atoms with Crippen molar-refractivity contribution in [1.82, 2.24) is 15.5 Å². The Bertz CT molecular complexity index is 748. The topological polar surface area (TPSA) is 58.1 Å². The van der Waals surface area contributed by atoms with Gasteiger partial charge in [0.2, 0.25) is 0 Å². The number of morpholine rings is 1. The lowest BCUT2D eigenvalue weighted by molar-refractivity contribution is -0.171. The quantitative estimate of drug-likeness (QED) is 0.351. The first-order valence-electron chi connectivity index (χ1n) is 11.3. The van der Waals surface area contributed by atoms with Crippen LogP contribution in [0.2, 0.25) is 0 Å².